The number of hydrogen-bond donors (Lipinski definition) is 2. The summed E-state index contributed by atoms with van der Waals surface area (Å²) in [7, 11) is -2.51. The quantitative estimate of drug-likeness (QED) is 0.501. The standard InChI is InChI=1S/C22H24N4O5S2/c1-3-5-16-21(22-24-19(27)9-10-20(28)26(22)25-16)14-7-8-17(31-2)18(12-14)33(29,30)23-13-15-6-4-11-32-15/h4,6-8,11-12,23H,3,5,9-10,13H2,1-2H3,(H,24,27). The van der Waals surface area contributed by atoms with Gasteiger partial charge in [0.2, 0.25) is 21.8 Å². The van der Waals surface area contributed by atoms with Gasteiger partial charge in [-0.1, -0.05) is 25.5 Å². The monoisotopic (exact) mass is 488 g/mol. The Bertz CT molecular complexity index is 1300. The van der Waals surface area contributed by atoms with Crippen molar-refractivity contribution in [1.82, 2.24) is 14.5 Å². The summed E-state index contributed by atoms with van der Waals surface area (Å²) in [6.07, 6.45) is 1.44. The zero-order valence-corrected chi connectivity index (χ0v) is 19.9. The third-order valence-electron chi connectivity index (χ3n) is 5.26. The van der Waals surface area contributed by atoms with Crippen molar-refractivity contribution in [2.24, 2.45) is 0 Å². The Kier molecular flexibility index (Phi) is 6.63. The summed E-state index contributed by atoms with van der Waals surface area (Å²) in [6.45, 7) is 2.13. The van der Waals surface area contributed by atoms with Gasteiger partial charge in [0.1, 0.15) is 16.5 Å². The molecule has 0 saturated heterocycles. The molecule has 0 aliphatic carbocycles. The fourth-order valence-electron chi connectivity index (χ4n) is 3.69. The second-order valence-electron chi connectivity index (χ2n) is 7.54. The number of carbonyl (C=O) groups excluding carboxylic acids is 2. The Labute approximate surface area is 195 Å². The van der Waals surface area contributed by atoms with Gasteiger partial charge in [-0.25, -0.2) is 13.1 Å². The first-order chi connectivity index (χ1) is 15.8. The number of methoxy groups -OCH3 is 1. The SMILES string of the molecule is CCCc1nn2c(c1-c1ccc(OC)c(S(=O)(=O)NCc3cccs3)c1)NC(=O)CCC2=O. The predicted molar refractivity (Wildman–Crippen MR) is 125 cm³/mol. The number of benzene rings is 1. The van der Waals surface area contributed by atoms with Gasteiger partial charge in [0.15, 0.2) is 0 Å². The number of nitrogens with zero attached hydrogens (tertiary/aromatic N) is 2. The maximum absolute atomic E-state index is 13.2. The first-order valence-electron chi connectivity index (χ1n) is 10.5. The highest BCUT2D eigenvalue weighted by Crippen LogP contribution is 2.37. The van der Waals surface area contributed by atoms with Crippen molar-refractivity contribution < 1.29 is 22.7 Å². The van der Waals surface area contributed by atoms with Crippen molar-refractivity contribution in [3.63, 3.8) is 0 Å². The van der Waals surface area contributed by atoms with Crippen LogP contribution in [0, 0.1) is 0 Å². The van der Waals surface area contributed by atoms with Crippen LogP contribution in [0.1, 0.15) is 41.6 Å². The molecule has 33 heavy (non-hydrogen) atoms. The minimum absolute atomic E-state index is 0.0345. The molecular formula is C22H24N4O5S2. The Morgan fingerprint density at radius 3 is 2.76 bits per heavy atom. The van der Waals surface area contributed by atoms with E-state index in [-0.39, 0.29) is 47.7 Å². The predicted octanol–water partition coefficient (Wildman–Crippen LogP) is 3.42. The Balaban J connectivity index is 1.82. The molecule has 3 aromatic rings. The second-order valence-corrected chi connectivity index (χ2v) is 10.3. The van der Waals surface area contributed by atoms with E-state index in [1.54, 1.807) is 12.1 Å². The lowest BCUT2D eigenvalue weighted by molar-refractivity contribution is -0.116. The van der Waals surface area contributed by atoms with Crippen molar-refractivity contribution in [3.8, 4) is 16.9 Å². The van der Waals surface area contributed by atoms with Crippen LogP contribution in [0.5, 0.6) is 5.75 Å². The highest BCUT2D eigenvalue weighted by Gasteiger charge is 2.29. The van der Waals surface area contributed by atoms with Crippen LogP contribution in [0.3, 0.4) is 0 Å². The van der Waals surface area contributed by atoms with Gasteiger partial charge in [-0.2, -0.15) is 9.78 Å². The lowest BCUT2D eigenvalue weighted by Gasteiger charge is -2.13. The van der Waals surface area contributed by atoms with Crippen molar-refractivity contribution in [2.45, 2.75) is 44.0 Å². The van der Waals surface area contributed by atoms with E-state index in [9.17, 15) is 18.0 Å². The van der Waals surface area contributed by atoms with Crippen LogP contribution in [0.4, 0.5) is 5.82 Å². The van der Waals surface area contributed by atoms with Gasteiger partial charge in [0, 0.05) is 29.8 Å². The summed E-state index contributed by atoms with van der Waals surface area (Å²) in [5, 5.41) is 9.11. The number of carbonyl (C=O) groups is 2. The number of sulfonamides is 1. The van der Waals surface area contributed by atoms with Crippen molar-refractivity contribution in [2.75, 3.05) is 12.4 Å². The topological polar surface area (TPSA) is 119 Å². The number of ether oxygens (including phenoxy) is 1. The van der Waals surface area contributed by atoms with E-state index in [0.717, 1.165) is 11.3 Å². The van der Waals surface area contributed by atoms with E-state index in [0.29, 0.717) is 23.2 Å². The molecule has 1 aromatic carbocycles. The lowest BCUT2D eigenvalue weighted by Crippen LogP contribution is -2.23. The molecule has 11 heteroatoms. The number of nitrogens with one attached hydrogen (secondary N) is 2. The van der Waals surface area contributed by atoms with Crippen LogP contribution in [0.15, 0.2) is 40.6 Å². The molecule has 0 fully saturated rings. The molecule has 0 radical (unpaired) electrons. The highest BCUT2D eigenvalue weighted by molar-refractivity contribution is 7.89. The average Bonchev–Trinajstić information content (AvgIpc) is 3.41. The van der Waals surface area contributed by atoms with Crippen LogP contribution in [-0.4, -0.2) is 37.1 Å². The third-order valence-corrected chi connectivity index (χ3v) is 7.56. The Morgan fingerprint density at radius 1 is 1.24 bits per heavy atom. The molecule has 9 nitrogen and oxygen atoms in total. The smallest absolute Gasteiger partial charge is 0.249 e. The molecular weight excluding hydrogens is 464 g/mol. The minimum atomic E-state index is -3.92. The summed E-state index contributed by atoms with van der Waals surface area (Å²) in [6, 6.07) is 8.46. The number of rotatable bonds is 8. The molecule has 1 aliphatic heterocycles. The van der Waals surface area contributed by atoms with Gasteiger partial charge < -0.3 is 10.1 Å². The number of thiophene rings is 1. The normalized spacial score (nSPS) is 14.0. The number of hydrogen-bond acceptors (Lipinski definition) is 7. The Morgan fingerprint density at radius 2 is 2.06 bits per heavy atom. The van der Waals surface area contributed by atoms with Crippen molar-refractivity contribution >= 4 is 39.0 Å². The van der Waals surface area contributed by atoms with Crippen LogP contribution in [-0.2, 0) is 27.8 Å². The summed E-state index contributed by atoms with van der Waals surface area (Å²) < 4.78 is 35.5. The van der Waals surface area contributed by atoms with Gasteiger partial charge >= 0.3 is 0 Å². The van der Waals surface area contributed by atoms with Gasteiger partial charge in [-0.05, 0) is 35.6 Å². The molecule has 0 saturated carbocycles. The lowest BCUT2D eigenvalue weighted by atomic mass is 10.0. The molecule has 1 aliphatic rings. The fraction of sp³-hybridized carbons (Fsp3) is 0.318. The highest BCUT2D eigenvalue weighted by atomic mass is 32.2. The van der Waals surface area contributed by atoms with Gasteiger partial charge in [-0.15, -0.1) is 11.3 Å². The van der Waals surface area contributed by atoms with Crippen LogP contribution < -0.4 is 14.8 Å². The van der Waals surface area contributed by atoms with E-state index in [1.807, 2.05) is 24.4 Å². The van der Waals surface area contributed by atoms with E-state index < -0.39 is 10.0 Å². The molecule has 0 bridgehead atoms. The number of fused-ring (bicyclic) bond motifs is 1. The minimum Gasteiger partial charge on any atom is -0.495 e. The van der Waals surface area contributed by atoms with Crippen molar-refractivity contribution in [3.05, 3.63) is 46.3 Å². The maximum atomic E-state index is 13.2. The third kappa shape index (κ3) is 4.70. The van der Waals surface area contributed by atoms with E-state index in [2.05, 4.69) is 15.1 Å². The first kappa shape index (κ1) is 23.1. The zero-order chi connectivity index (χ0) is 23.6. The average molecular weight is 489 g/mol. The van der Waals surface area contributed by atoms with Crippen LogP contribution >= 0.6 is 11.3 Å². The summed E-state index contributed by atoms with van der Waals surface area (Å²) in [5.74, 6) is -0.116. The largest absolute Gasteiger partial charge is 0.495 e. The molecule has 2 aromatic heterocycles. The van der Waals surface area contributed by atoms with Crippen molar-refractivity contribution in [1.29, 1.82) is 0 Å². The number of anilines is 1. The summed E-state index contributed by atoms with van der Waals surface area (Å²) >= 11 is 1.45. The van der Waals surface area contributed by atoms with Gasteiger partial charge in [0.25, 0.3) is 0 Å². The number of aryl methyl sites for hydroxylation is 1. The molecule has 3 heterocycles. The van der Waals surface area contributed by atoms with E-state index in [1.165, 1.54) is 29.2 Å². The maximum Gasteiger partial charge on any atom is 0.249 e. The second kappa shape index (κ2) is 9.46. The molecule has 0 spiro atoms. The summed E-state index contributed by atoms with van der Waals surface area (Å²) in [4.78, 5) is 25.6. The molecule has 2 N–H and O–H groups in total. The van der Waals surface area contributed by atoms with Crippen LogP contribution in [0.2, 0.25) is 0 Å². The van der Waals surface area contributed by atoms with E-state index >= 15 is 0 Å². The number of aromatic nitrogens is 2. The van der Waals surface area contributed by atoms with Gasteiger partial charge in [0.05, 0.1) is 12.8 Å². The first-order valence-corrected chi connectivity index (χ1v) is 12.9. The van der Waals surface area contributed by atoms with Crippen LogP contribution in [0.25, 0.3) is 11.1 Å². The Hall–Kier alpha value is -3.02. The number of amides is 1. The molecule has 4 rings (SSSR count). The molecule has 0 unspecified atom stereocenters. The van der Waals surface area contributed by atoms with Gasteiger partial charge in [-0.3, -0.25) is 9.59 Å². The fourth-order valence-corrected chi connectivity index (χ4v) is 5.63. The zero-order valence-electron chi connectivity index (χ0n) is 18.3. The van der Waals surface area contributed by atoms with E-state index in [4.69, 9.17) is 4.74 Å². The summed E-state index contributed by atoms with van der Waals surface area (Å²) in [5.41, 5.74) is 1.67. The molecule has 174 valence electrons. The molecule has 0 atom stereocenters. The molecule has 1 amide bonds.